The maximum atomic E-state index is 12.1. The number of carbonyl (C=O) groups is 1. The zero-order chi connectivity index (χ0) is 13.1. The quantitative estimate of drug-likeness (QED) is 0.783. The fourth-order valence-corrected chi connectivity index (χ4v) is 2.81. The summed E-state index contributed by atoms with van der Waals surface area (Å²) in [4.78, 5) is 16.4. The third kappa shape index (κ3) is 2.84. The Morgan fingerprint density at radius 2 is 2.22 bits per heavy atom. The van der Waals surface area contributed by atoms with E-state index in [1.54, 1.807) is 0 Å². The van der Waals surface area contributed by atoms with Gasteiger partial charge in [0.25, 0.3) is 0 Å². The summed E-state index contributed by atoms with van der Waals surface area (Å²) < 4.78 is 5.79. The molecule has 2 heterocycles. The Morgan fingerprint density at radius 3 is 2.89 bits per heavy atom. The number of carbonyl (C=O) groups excluding carboxylic acids is 1. The summed E-state index contributed by atoms with van der Waals surface area (Å²) in [5.74, 6) is 0.207. The van der Waals surface area contributed by atoms with Crippen molar-refractivity contribution in [3.05, 3.63) is 0 Å². The van der Waals surface area contributed by atoms with E-state index in [9.17, 15) is 4.79 Å². The molecule has 5 nitrogen and oxygen atoms in total. The second kappa shape index (κ2) is 5.99. The maximum Gasteiger partial charge on any atom is 0.240 e. The highest BCUT2D eigenvalue weighted by molar-refractivity contribution is 5.83. The summed E-state index contributed by atoms with van der Waals surface area (Å²) in [5.41, 5.74) is 0. The van der Waals surface area contributed by atoms with E-state index in [1.807, 2.05) is 11.8 Å². The Morgan fingerprint density at radius 1 is 1.44 bits per heavy atom. The van der Waals surface area contributed by atoms with E-state index in [0.717, 1.165) is 32.7 Å². The molecule has 3 atom stereocenters. The van der Waals surface area contributed by atoms with Crippen molar-refractivity contribution in [1.82, 2.24) is 15.1 Å². The van der Waals surface area contributed by atoms with Crippen LogP contribution in [0.1, 0.15) is 27.2 Å². The molecule has 2 rings (SSSR count). The molecule has 18 heavy (non-hydrogen) atoms. The van der Waals surface area contributed by atoms with Gasteiger partial charge in [-0.05, 0) is 19.9 Å². The molecule has 0 radical (unpaired) electrons. The highest BCUT2D eigenvalue weighted by Crippen LogP contribution is 2.16. The van der Waals surface area contributed by atoms with Gasteiger partial charge >= 0.3 is 0 Å². The van der Waals surface area contributed by atoms with Gasteiger partial charge in [0, 0.05) is 19.6 Å². The van der Waals surface area contributed by atoms with Gasteiger partial charge in [-0.1, -0.05) is 13.8 Å². The second-order valence-corrected chi connectivity index (χ2v) is 5.19. The lowest BCUT2D eigenvalue weighted by Crippen LogP contribution is -2.50. The molecule has 5 heteroatoms. The summed E-state index contributed by atoms with van der Waals surface area (Å²) in [6.45, 7) is 10.7. The van der Waals surface area contributed by atoms with Gasteiger partial charge in [-0.15, -0.1) is 0 Å². The van der Waals surface area contributed by atoms with Crippen molar-refractivity contribution >= 4 is 5.91 Å². The van der Waals surface area contributed by atoms with E-state index in [-0.39, 0.29) is 24.2 Å². The van der Waals surface area contributed by atoms with Crippen molar-refractivity contribution in [2.45, 2.75) is 45.5 Å². The fourth-order valence-electron chi connectivity index (χ4n) is 2.81. The van der Waals surface area contributed by atoms with Crippen LogP contribution in [0, 0.1) is 0 Å². The standard InChI is InChI=1S/C13H25N3O2/c1-4-12-14-10(3)13(17)16(12)9-11-8-15(5-2)6-7-18-11/h10-12,14H,4-9H2,1-3H3. The first-order valence-electron chi connectivity index (χ1n) is 7.06. The van der Waals surface area contributed by atoms with Crippen LogP contribution in [-0.2, 0) is 9.53 Å². The molecule has 1 amide bonds. The Bertz CT molecular complexity index is 298. The van der Waals surface area contributed by atoms with E-state index < -0.39 is 0 Å². The van der Waals surface area contributed by atoms with E-state index in [4.69, 9.17) is 4.74 Å². The molecule has 2 saturated heterocycles. The first-order valence-corrected chi connectivity index (χ1v) is 7.06. The van der Waals surface area contributed by atoms with Crippen molar-refractivity contribution in [3.8, 4) is 0 Å². The molecule has 0 saturated carbocycles. The molecular formula is C13H25N3O2. The molecule has 0 aromatic carbocycles. The van der Waals surface area contributed by atoms with Gasteiger partial charge in [-0.3, -0.25) is 15.0 Å². The zero-order valence-electron chi connectivity index (χ0n) is 11.7. The van der Waals surface area contributed by atoms with Crippen molar-refractivity contribution in [2.75, 3.05) is 32.8 Å². The first-order chi connectivity index (χ1) is 8.65. The molecule has 2 aliphatic heterocycles. The molecule has 2 fully saturated rings. The van der Waals surface area contributed by atoms with Gasteiger partial charge < -0.3 is 9.64 Å². The van der Waals surface area contributed by atoms with Crippen molar-refractivity contribution in [3.63, 3.8) is 0 Å². The smallest absolute Gasteiger partial charge is 0.240 e. The third-order valence-electron chi connectivity index (χ3n) is 3.93. The Kier molecular flexibility index (Phi) is 4.59. The number of hydrogen-bond donors (Lipinski definition) is 1. The van der Waals surface area contributed by atoms with Crippen LogP contribution in [0.4, 0.5) is 0 Å². The number of rotatable bonds is 4. The van der Waals surface area contributed by atoms with E-state index in [0.29, 0.717) is 6.54 Å². The van der Waals surface area contributed by atoms with Crippen molar-refractivity contribution < 1.29 is 9.53 Å². The largest absolute Gasteiger partial charge is 0.374 e. The third-order valence-corrected chi connectivity index (χ3v) is 3.93. The predicted molar refractivity (Wildman–Crippen MR) is 70.2 cm³/mol. The molecule has 0 aromatic heterocycles. The van der Waals surface area contributed by atoms with Crippen LogP contribution in [0.15, 0.2) is 0 Å². The van der Waals surface area contributed by atoms with E-state index >= 15 is 0 Å². The lowest BCUT2D eigenvalue weighted by Gasteiger charge is -2.35. The molecule has 0 aromatic rings. The van der Waals surface area contributed by atoms with E-state index in [2.05, 4.69) is 24.1 Å². The maximum absolute atomic E-state index is 12.1. The highest BCUT2D eigenvalue weighted by Gasteiger charge is 2.37. The van der Waals surface area contributed by atoms with Gasteiger partial charge in [0.1, 0.15) is 0 Å². The monoisotopic (exact) mass is 255 g/mol. The van der Waals surface area contributed by atoms with Gasteiger partial charge in [0.2, 0.25) is 5.91 Å². The average molecular weight is 255 g/mol. The fraction of sp³-hybridized carbons (Fsp3) is 0.923. The summed E-state index contributed by atoms with van der Waals surface area (Å²) in [5, 5.41) is 3.33. The minimum absolute atomic E-state index is 0.0548. The molecule has 104 valence electrons. The molecule has 2 aliphatic rings. The molecule has 1 N–H and O–H groups in total. The summed E-state index contributed by atoms with van der Waals surface area (Å²) in [6, 6.07) is -0.0548. The number of ether oxygens (including phenoxy) is 1. The van der Waals surface area contributed by atoms with Crippen LogP contribution < -0.4 is 5.32 Å². The SMILES string of the molecule is CCC1NC(C)C(=O)N1CC1CN(CC)CCO1. The van der Waals surface area contributed by atoms with Gasteiger partial charge in [0.05, 0.1) is 24.9 Å². The molecule has 0 spiro atoms. The van der Waals surface area contributed by atoms with Crippen LogP contribution in [0.25, 0.3) is 0 Å². The zero-order valence-corrected chi connectivity index (χ0v) is 11.7. The lowest BCUT2D eigenvalue weighted by atomic mass is 10.2. The minimum atomic E-state index is -0.0548. The number of nitrogens with one attached hydrogen (secondary N) is 1. The average Bonchev–Trinajstić information content (AvgIpc) is 2.67. The topological polar surface area (TPSA) is 44.8 Å². The molecule has 3 unspecified atom stereocenters. The highest BCUT2D eigenvalue weighted by atomic mass is 16.5. The van der Waals surface area contributed by atoms with Crippen LogP contribution in [-0.4, -0.2) is 66.8 Å². The van der Waals surface area contributed by atoms with Crippen LogP contribution in [0.3, 0.4) is 0 Å². The number of amides is 1. The summed E-state index contributed by atoms with van der Waals surface area (Å²) >= 11 is 0. The normalized spacial score (nSPS) is 34.3. The molecular weight excluding hydrogens is 230 g/mol. The lowest BCUT2D eigenvalue weighted by molar-refractivity contribution is -0.133. The predicted octanol–water partition coefficient (Wildman–Crippen LogP) is 0.264. The van der Waals surface area contributed by atoms with E-state index in [1.165, 1.54) is 0 Å². The van der Waals surface area contributed by atoms with Gasteiger partial charge in [-0.2, -0.15) is 0 Å². The minimum Gasteiger partial charge on any atom is -0.374 e. The van der Waals surface area contributed by atoms with Crippen LogP contribution >= 0.6 is 0 Å². The first kappa shape index (κ1) is 13.8. The number of morpholine rings is 1. The molecule has 0 aliphatic carbocycles. The summed E-state index contributed by atoms with van der Waals surface area (Å²) in [6.07, 6.45) is 1.28. The van der Waals surface area contributed by atoms with Crippen molar-refractivity contribution in [1.29, 1.82) is 0 Å². The number of likely N-dealkylation sites (N-methyl/N-ethyl adjacent to an activating group) is 1. The summed E-state index contributed by atoms with van der Waals surface area (Å²) in [7, 11) is 0. The second-order valence-electron chi connectivity index (χ2n) is 5.19. The Balaban J connectivity index is 1.93. The van der Waals surface area contributed by atoms with Gasteiger partial charge in [-0.25, -0.2) is 0 Å². The van der Waals surface area contributed by atoms with Crippen LogP contribution in [0.2, 0.25) is 0 Å². The Labute approximate surface area is 109 Å². The number of nitrogens with zero attached hydrogens (tertiary/aromatic N) is 2. The molecule has 0 bridgehead atoms. The van der Waals surface area contributed by atoms with Crippen LogP contribution in [0.5, 0.6) is 0 Å². The number of hydrogen-bond acceptors (Lipinski definition) is 4. The van der Waals surface area contributed by atoms with Gasteiger partial charge in [0.15, 0.2) is 0 Å². The Hall–Kier alpha value is -0.650. The van der Waals surface area contributed by atoms with Crippen molar-refractivity contribution in [2.24, 2.45) is 0 Å².